The van der Waals surface area contributed by atoms with E-state index >= 15 is 0 Å². The molecule has 4 nitrogen and oxygen atoms in total. The number of hydrogen-bond acceptors (Lipinski definition) is 2. The van der Waals surface area contributed by atoms with Gasteiger partial charge in [0.25, 0.3) is 10.0 Å². The Morgan fingerprint density at radius 1 is 0.923 bits per heavy atom. The molecule has 0 spiro atoms. The van der Waals surface area contributed by atoms with Crippen LogP contribution in [0, 0.1) is 0 Å². The van der Waals surface area contributed by atoms with Crippen molar-refractivity contribution in [2.45, 2.75) is 43.4 Å². The summed E-state index contributed by atoms with van der Waals surface area (Å²) in [6, 6.07) is 13.3. The molecule has 0 saturated carbocycles. The minimum Gasteiger partial charge on any atom is -0.358 e. The maximum absolute atomic E-state index is 13.3. The number of para-hydroxylation sites is 1. The molecule has 0 radical (unpaired) electrons. The first-order chi connectivity index (χ1) is 12.6. The van der Waals surface area contributed by atoms with Crippen molar-refractivity contribution in [2.75, 3.05) is 10.8 Å². The Hall–Kier alpha value is -2.27. The van der Waals surface area contributed by atoms with Crippen molar-refractivity contribution in [2.24, 2.45) is 0 Å². The lowest BCUT2D eigenvalue weighted by molar-refractivity contribution is 0.592. The second kappa shape index (κ2) is 5.88. The Labute approximate surface area is 153 Å². The van der Waals surface area contributed by atoms with E-state index in [2.05, 4.69) is 4.98 Å². The topological polar surface area (TPSA) is 53.2 Å². The van der Waals surface area contributed by atoms with Gasteiger partial charge >= 0.3 is 0 Å². The lowest BCUT2D eigenvalue weighted by atomic mass is 10.1. The molecule has 2 aliphatic rings. The Bertz CT molecular complexity index is 1100. The lowest BCUT2D eigenvalue weighted by Gasteiger charge is -2.19. The zero-order valence-electron chi connectivity index (χ0n) is 14.7. The summed E-state index contributed by atoms with van der Waals surface area (Å²) in [7, 11) is -3.54. The third-order valence-corrected chi connectivity index (χ3v) is 7.56. The highest BCUT2D eigenvalue weighted by atomic mass is 32.2. The molecule has 2 aromatic carbocycles. The van der Waals surface area contributed by atoms with Gasteiger partial charge in [0.15, 0.2) is 0 Å². The van der Waals surface area contributed by atoms with Gasteiger partial charge in [-0.15, -0.1) is 0 Å². The summed E-state index contributed by atoms with van der Waals surface area (Å²) in [5, 5.41) is 1.08. The van der Waals surface area contributed by atoms with Crippen molar-refractivity contribution in [3.63, 3.8) is 0 Å². The van der Waals surface area contributed by atoms with E-state index in [-0.39, 0.29) is 0 Å². The average molecular weight is 366 g/mol. The third-order valence-electron chi connectivity index (χ3n) is 5.75. The van der Waals surface area contributed by atoms with Crippen molar-refractivity contribution in [1.82, 2.24) is 4.98 Å². The number of fused-ring (bicyclic) bond motifs is 4. The van der Waals surface area contributed by atoms with Gasteiger partial charge in [-0.1, -0.05) is 24.6 Å². The summed E-state index contributed by atoms with van der Waals surface area (Å²) >= 11 is 0. The summed E-state index contributed by atoms with van der Waals surface area (Å²) in [5.74, 6) is 0. The van der Waals surface area contributed by atoms with Crippen LogP contribution in [0.4, 0.5) is 5.69 Å². The molecule has 5 heteroatoms. The fourth-order valence-corrected chi connectivity index (χ4v) is 5.94. The zero-order valence-corrected chi connectivity index (χ0v) is 15.5. The first kappa shape index (κ1) is 15.9. The van der Waals surface area contributed by atoms with Gasteiger partial charge in [0.2, 0.25) is 0 Å². The molecule has 1 N–H and O–H groups in total. The van der Waals surface area contributed by atoms with Crippen LogP contribution in [0.2, 0.25) is 0 Å². The maximum atomic E-state index is 13.3. The van der Waals surface area contributed by atoms with Crippen molar-refractivity contribution < 1.29 is 8.42 Å². The molecule has 0 atom stereocenters. The van der Waals surface area contributed by atoms with Crippen LogP contribution in [0.5, 0.6) is 0 Å². The fraction of sp³-hybridized carbons (Fsp3) is 0.333. The van der Waals surface area contributed by atoms with Crippen LogP contribution < -0.4 is 4.31 Å². The van der Waals surface area contributed by atoms with E-state index in [9.17, 15) is 8.42 Å². The summed E-state index contributed by atoms with van der Waals surface area (Å²) in [5.41, 5.74) is 5.58. The summed E-state index contributed by atoms with van der Waals surface area (Å²) in [4.78, 5) is 3.91. The third kappa shape index (κ3) is 2.37. The smallest absolute Gasteiger partial charge is 0.264 e. The molecule has 0 saturated heterocycles. The van der Waals surface area contributed by atoms with Crippen LogP contribution in [-0.2, 0) is 29.3 Å². The van der Waals surface area contributed by atoms with E-state index in [0.29, 0.717) is 11.4 Å². The second-order valence-corrected chi connectivity index (χ2v) is 9.17. The standard InChI is InChI=1S/C21H22N2O2S/c24-26(25,23-13-12-15-6-4-5-9-21(15)23)16-10-11-20-18(14-16)17-7-2-1-3-8-19(17)22-20/h4-6,9-11,14,22H,1-3,7-8,12-13H2. The molecule has 0 unspecified atom stereocenters. The average Bonchev–Trinajstić information content (AvgIpc) is 3.16. The van der Waals surface area contributed by atoms with Gasteiger partial charge < -0.3 is 4.98 Å². The Kier molecular flexibility index (Phi) is 3.60. The van der Waals surface area contributed by atoms with Crippen LogP contribution in [-0.4, -0.2) is 19.9 Å². The summed E-state index contributed by atoms with van der Waals surface area (Å²) in [6.07, 6.45) is 6.49. The van der Waals surface area contributed by atoms with Gasteiger partial charge in [0, 0.05) is 23.1 Å². The van der Waals surface area contributed by atoms with Gasteiger partial charge in [-0.25, -0.2) is 8.42 Å². The molecule has 1 aliphatic heterocycles. The van der Waals surface area contributed by atoms with E-state index in [0.717, 1.165) is 41.4 Å². The molecular weight excluding hydrogens is 344 g/mol. The first-order valence-electron chi connectivity index (χ1n) is 9.39. The van der Waals surface area contributed by atoms with E-state index < -0.39 is 10.0 Å². The molecule has 2 heterocycles. The van der Waals surface area contributed by atoms with Gasteiger partial charge in [-0.2, -0.15) is 0 Å². The molecule has 1 aromatic heterocycles. The number of rotatable bonds is 2. The molecule has 0 fully saturated rings. The van der Waals surface area contributed by atoms with Crippen LogP contribution in [0.15, 0.2) is 47.4 Å². The van der Waals surface area contributed by atoms with Crippen LogP contribution in [0.3, 0.4) is 0 Å². The molecule has 134 valence electrons. The van der Waals surface area contributed by atoms with Crippen molar-refractivity contribution >= 4 is 26.6 Å². The number of nitrogens with zero attached hydrogens (tertiary/aromatic N) is 1. The number of aromatic nitrogens is 1. The van der Waals surface area contributed by atoms with Gasteiger partial charge in [0.1, 0.15) is 0 Å². The number of sulfonamides is 1. The number of anilines is 1. The zero-order chi connectivity index (χ0) is 17.7. The van der Waals surface area contributed by atoms with E-state index in [1.807, 2.05) is 36.4 Å². The quantitative estimate of drug-likeness (QED) is 0.692. The predicted molar refractivity (Wildman–Crippen MR) is 104 cm³/mol. The SMILES string of the molecule is O=S(=O)(c1ccc2[nH]c3c(c2c1)CCCCC3)N1CCc2ccccc21. The molecule has 1 aliphatic carbocycles. The van der Waals surface area contributed by atoms with Crippen LogP contribution in [0.1, 0.15) is 36.1 Å². The maximum Gasteiger partial charge on any atom is 0.264 e. The van der Waals surface area contributed by atoms with Gasteiger partial charge in [-0.3, -0.25) is 4.31 Å². The van der Waals surface area contributed by atoms with E-state index in [4.69, 9.17) is 0 Å². The minimum atomic E-state index is -3.54. The molecule has 0 bridgehead atoms. The largest absolute Gasteiger partial charge is 0.358 e. The van der Waals surface area contributed by atoms with Crippen LogP contribution >= 0.6 is 0 Å². The summed E-state index contributed by atoms with van der Waals surface area (Å²) in [6.45, 7) is 0.519. The molecular formula is C21H22N2O2S. The molecule has 5 rings (SSSR count). The highest BCUT2D eigenvalue weighted by Gasteiger charge is 2.31. The van der Waals surface area contributed by atoms with Crippen molar-refractivity contribution in [1.29, 1.82) is 0 Å². The van der Waals surface area contributed by atoms with E-state index in [1.165, 1.54) is 30.5 Å². The number of aryl methyl sites for hydroxylation is 2. The molecule has 26 heavy (non-hydrogen) atoms. The Morgan fingerprint density at radius 3 is 2.69 bits per heavy atom. The van der Waals surface area contributed by atoms with Gasteiger partial charge in [-0.05, 0) is 67.5 Å². The number of nitrogens with one attached hydrogen (secondary N) is 1. The van der Waals surface area contributed by atoms with E-state index in [1.54, 1.807) is 10.4 Å². The van der Waals surface area contributed by atoms with Crippen molar-refractivity contribution in [3.8, 4) is 0 Å². The number of hydrogen-bond donors (Lipinski definition) is 1. The lowest BCUT2D eigenvalue weighted by Crippen LogP contribution is -2.29. The first-order valence-corrected chi connectivity index (χ1v) is 10.8. The van der Waals surface area contributed by atoms with Crippen LogP contribution in [0.25, 0.3) is 10.9 Å². The molecule has 3 aromatic rings. The minimum absolute atomic E-state index is 0.396. The van der Waals surface area contributed by atoms with Gasteiger partial charge in [0.05, 0.1) is 10.6 Å². The highest BCUT2D eigenvalue weighted by Crippen LogP contribution is 2.35. The Morgan fingerprint density at radius 2 is 1.77 bits per heavy atom. The molecule has 0 amide bonds. The fourth-order valence-electron chi connectivity index (χ4n) is 4.41. The normalized spacial score (nSPS) is 17.2. The highest BCUT2D eigenvalue weighted by molar-refractivity contribution is 7.92. The number of H-pyrrole nitrogens is 1. The monoisotopic (exact) mass is 366 g/mol. The number of aromatic amines is 1. The van der Waals surface area contributed by atoms with Crippen molar-refractivity contribution in [3.05, 3.63) is 59.3 Å². The second-order valence-electron chi connectivity index (χ2n) is 7.31. The number of benzene rings is 2. The predicted octanol–water partition coefficient (Wildman–Crippen LogP) is 4.19. The summed E-state index contributed by atoms with van der Waals surface area (Å²) < 4.78 is 28.2. The Balaban J connectivity index is 1.61.